The van der Waals surface area contributed by atoms with Crippen LogP contribution in [0.2, 0.25) is 0 Å². The monoisotopic (exact) mass is 353 g/mol. The predicted molar refractivity (Wildman–Crippen MR) is 102 cm³/mol. The molecule has 1 heterocycles. The Balaban J connectivity index is 1.66. The molecule has 2 aromatic carbocycles. The second-order valence-electron chi connectivity index (χ2n) is 7.08. The standard InChI is InChI=1S/C21H24N2O3/c1-14(2)17-6-4-16(5-7-17)12-15(3)21-22-13-20(26-21)18-8-10-19(11-9-18)23(24)25/h4-12,14,20-22H,13H2,1-3H3/p+1/b15-12+/t20-,21-/m0/s1. The zero-order valence-corrected chi connectivity index (χ0v) is 15.4. The lowest BCUT2D eigenvalue weighted by Crippen LogP contribution is -2.87. The average molecular weight is 353 g/mol. The first kappa shape index (κ1) is 18.3. The van der Waals surface area contributed by atoms with Crippen LogP contribution in [0.1, 0.15) is 49.5 Å². The Morgan fingerprint density at radius 2 is 1.85 bits per heavy atom. The van der Waals surface area contributed by atoms with E-state index in [4.69, 9.17) is 4.74 Å². The van der Waals surface area contributed by atoms with Gasteiger partial charge in [0.2, 0.25) is 6.23 Å². The Hall–Kier alpha value is -2.50. The number of nitrogens with zero attached hydrogens (tertiary/aromatic N) is 1. The van der Waals surface area contributed by atoms with Crippen molar-refractivity contribution in [2.75, 3.05) is 6.54 Å². The molecular formula is C21H25N2O3+. The number of nitro groups is 1. The SMILES string of the molecule is C/C(=C\c1ccc(C(C)C)cc1)[C@H]1[NH2+]C[C@@H](c2ccc([N+](=O)[O-])cc2)O1. The molecule has 0 aliphatic carbocycles. The number of quaternary nitrogens is 1. The van der Waals surface area contributed by atoms with E-state index in [1.807, 2.05) is 0 Å². The van der Waals surface area contributed by atoms with Crippen LogP contribution in [0, 0.1) is 10.1 Å². The van der Waals surface area contributed by atoms with Crippen molar-refractivity contribution < 1.29 is 15.0 Å². The van der Waals surface area contributed by atoms with E-state index in [0.29, 0.717) is 5.92 Å². The lowest BCUT2D eigenvalue weighted by atomic mass is 10.0. The van der Waals surface area contributed by atoms with Gasteiger partial charge in [0.1, 0.15) is 12.6 Å². The molecule has 2 atom stereocenters. The molecule has 1 fully saturated rings. The molecule has 1 aliphatic heterocycles. The molecule has 0 amide bonds. The fourth-order valence-electron chi connectivity index (χ4n) is 3.18. The summed E-state index contributed by atoms with van der Waals surface area (Å²) in [6.07, 6.45) is 2.08. The first-order valence-electron chi connectivity index (χ1n) is 8.95. The number of non-ortho nitro benzene ring substituents is 1. The largest absolute Gasteiger partial charge is 0.315 e. The topological polar surface area (TPSA) is 69.0 Å². The molecule has 2 N–H and O–H groups in total. The summed E-state index contributed by atoms with van der Waals surface area (Å²) in [4.78, 5) is 10.4. The highest BCUT2D eigenvalue weighted by molar-refractivity contribution is 5.53. The van der Waals surface area contributed by atoms with E-state index in [0.717, 1.165) is 17.7 Å². The minimum Gasteiger partial charge on any atom is -0.315 e. The van der Waals surface area contributed by atoms with E-state index in [1.165, 1.54) is 23.3 Å². The number of nitro benzene ring substituents is 1. The molecule has 1 saturated heterocycles. The van der Waals surface area contributed by atoms with E-state index in [9.17, 15) is 10.1 Å². The molecule has 3 rings (SSSR count). The molecule has 1 aliphatic rings. The fraction of sp³-hybridized carbons (Fsp3) is 0.333. The molecule has 5 nitrogen and oxygen atoms in total. The Kier molecular flexibility index (Phi) is 5.49. The molecule has 0 bridgehead atoms. The minimum atomic E-state index is -0.383. The van der Waals surface area contributed by atoms with E-state index in [1.54, 1.807) is 12.1 Å². The number of ether oxygens (including phenoxy) is 1. The van der Waals surface area contributed by atoms with Crippen LogP contribution in [0.4, 0.5) is 5.69 Å². The molecule has 0 unspecified atom stereocenters. The van der Waals surface area contributed by atoms with Gasteiger partial charge in [-0.3, -0.25) is 10.1 Å². The molecule has 0 spiro atoms. The highest BCUT2D eigenvalue weighted by atomic mass is 16.6. The second-order valence-corrected chi connectivity index (χ2v) is 7.08. The predicted octanol–water partition coefficient (Wildman–Crippen LogP) is 3.78. The maximum atomic E-state index is 10.8. The average Bonchev–Trinajstić information content (AvgIpc) is 3.12. The third kappa shape index (κ3) is 4.18. The third-order valence-corrected chi connectivity index (χ3v) is 4.80. The highest BCUT2D eigenvalue weighted by Crippen LogP contribution is 2.25. The molecule has 2 aromatic rings. The van der Waals surface area contributed by atoms with Crippen LogP contribution in [-0.4, -0.2) is 17.7 Å². The highest BCUT2D eigenvalue weighted by Gasteiger charge is 2.31. The number of benzene rings is 2. The van der Waals surface area contributed by atoms with Gasteiger partial charge in [0, 0.05) is 17.7 Å². The van der Waals surface area contributed by atoms with Gasteiger partial charge in [-0.05, 0) is 47.7 Å². The molecule has 0 radical (unpaired) electrons. The molecule has 26 heavy (non-hydrogen) atoms. The van der Waals surface area contributed by atoms with Crippen molar-refractivity contribution in [3.05, 3.63) is 80.9 Å². The smallest absolute Gasteiger partial charge is 0.269 e. The molecule has 136 valence electrons. The van der Waals surface area contributed by atoms with Gasteiger partial charge < -0.3 is 10.1 Å². The maximum Gasteiger partial charge on any atom is 0.269 e. The Morgan fingerprint density at radius 1 is 1.19 bits per heavy atom. The van der Waals surface area contributed by atoms with Gasteiger partial charge in [-0.2, -0.15) is 0 Å². The van der Waals surface area contributed by atoms with Gasteiger partial charge in [0.15, 0.2) is 0 Å². The van der Waals surface area contributed by atoms with Crippen LogP contribution >= 0.6 is 0 Å². The number of nitrogens with two attached hydrogens (primary N) is 1. The number of hydrogen-bond donors (Lipinski definition) is 1. The van der Waals surface area contributed by atoms with Crippen molar-refractivity contribution >= 4 is 11.8 Å². The van der Waals surface area contributed by atoms with Gasteiger partial charge in [-0.15, -0.1) is 0 Å². The molecule has 5 heteroatoms. The Morgan fingerprint density at radius 3 is 2.42 bits per heavy atom. The summed E-state index contributed by atoms with van der Waals surface area (Å²) in [7, 11) is 0. The summed E-state index contributed by atoms with van der Waals surface area (Å²) >= 11 is 0. The van der Waals surface area contributed by atoms with Crippen LogP contribution in [0.3, 0.4) is 0 Å². The first-order valence-corrected chi connectivity index (χ1v) is 8.95. The van der Waals surface area contributed by atoms with Crippen molar-refractivity contribution in [3.8, 4) is 0 Å². The molecule has 0 saturated carbocycles. The normalized spacial score (nSPS) is 20.5. The molecule has 0 aromatic heterocycles. The van der Waals surface area contributed by atoms with Crippen molar-refractivity contribution in [2.45, 2.75) is 39.0 Å². The van der Waals surface area contributed by atoms with Crippen LogP contribution in [0.5, 0.6) is 0 Å². The third-order valence-electron chi connectivity index (χ3n) is 4.80. The summed E-state index contributed by atoms with van der Waals surface area (Å²) in [5.41, 5.74) is 4.74. The lowest BCUT2D eigenvalue weighted by molar-refractivity contribution is -0.681. The van der Waals surface area contributed by atoms with Crippen LogP contribution in [0.25, 0.3) is 6.08 Å². The Labute approximate surface area is 153 Å². The summed E-state index contributed by atoms with van der Waals surface area (Å²) in [5, 5.41) is 12.9. The van der Waals surface area contributed by atoms with Gasteiger partial charge in [-0.25, -0.2) is 0 Å². The van der Waals surface area contributed by atoms with E-state index in [-0.39, 0.29) is 22.9 Å². The van der Waals surface area contributed by atoms with Crippen LogP contribution < -0.4 is 5.32 Å². The van der Waals surface area contributed by atoms with Gasteiger partial charge in [-0.1, -0.05) is 38.1 Å². The van der Waals surface area contributed by atoms with E-state index < -0.39 is 0 Å². The van der Waals surface area contributed by atoms with Gasteiger partial charge in [0.25, 0.3) is 5.69 Å². The minimum absolute atomic E-state index is 0.0278. The Bertz CT molecular complexity index is 795. The van der Waals surface area contributed by atoms with Crippen molar-refractivity contribution in [1.82, 2.24) is 0 Å². The summed E-state index contributed by atoms with van der Waals surface area (Å²) in [5.74, 6) is 0.531. The number of rotatable bonds is 5. The van der Waals surface area contributed by atoms with Crippen molar-refractivity contribution in [1.29, 1.82) is 0 Å². The van der Waals surface area contributed by atoms with Crippen molar-refractivity contribution in [3.63, 3.8) is 0 Å². The number of hydrogen-bond acceptors (Lipinski definition) is 3. The quantitative estimate of drug-likeness (QED) is 0.657. The van der Waals surface area contributed by atoms with E-state index >= 15 is 0 Å². The molecular weight excluding hydrogens is 328 g/mol. The zero-order chi connectivity index (χ0) is 18.7. The first-order chi connectivity index (χ1) is 12.4. The summed E-state index contributed by atoms with van der Waals surface area (Å²) < 4.78 is 6.15. The van der Waals surface area contributed by atoms with Crippen LogP contribution in [-0.2, 0) is 4.74 Å². The fourth-order valence-corrected chi connectivity index (χ4v) is 3.18. The van der Waals surface area contributed by atoms with Gasteiger partial charge in [0.05, 0.1) is 4.92 Å². The van der Waals surface area contributed by atoms with Gasteiger partial charge >= 0.3 is 0 Å². The zero-order valence-electron chi connectivity index (χ0n) is 15.4. The van der Waals surface area contributed by atoms with E-state index in [2.05, 4.69) is 56.4 Å². The lowest BCUT2D eigenvalue weighted by Gasteiger charge is -2.11. The maximum absolute atomic E-state index is 10.8. The second kappa shape index (κ2) is 7.81. The van der Waals surface area contributed by atoms with Crippen molar-refractivity contribution in [2.24, 2.45) is 0 Å². The summed E-state index contributed by atoms with van der Waals surface area (Å²) in [6.45, 7) is 7.27. The summed E-state index contributed by atoms with van der Waals surface area (Å²) in [6, 6.07) is 15.2. The van der Waals surface area contributed by atoms with Crippen LogP contribution in [0.15, 0.2) is 54.1 Å².